The number of likely N-dealkylation sites (tertiary alicyclic amines) is 1. The lowest BCUT2D eigenvalue weighted by Gasteiger charge is -2.45. The van der Waals surface area contributed by atoms with Crippen molar-refractivity contribution in [2.24, 2.45) is 5.92 Å². The molecule has 228 valence electrons. The summed E-state index contributed by atoms with van der Waals surface area (Å²) >= 11 is 0. The molecule has 2 amide bonds. The minimum absolute atomic E-state index is 0.237. The van der Waals surface area contributed by atoms with Gasteiger partial charge in [-0.05, 0) is 65.8 Å². The van der Waals surface area contributed by atoms with E-state index in [0.29, 0.717) is 38.6 Å². The van der Waals surface area contributed by atoms with Crippen LogP contribution in [-0.4, -0.2) is 95.0 Å². The Morgan fingerprint density at radius 3 is 2.14 bits per heavy atom. The number of para-hydroxylation sites is 1. The third-order valence-corrected chi connectivity index (χ3v) is 8.19. The number of rotatable bonds is 3. The maximum absolute atomic E-state index is 12.8. The normalized spacial score (nSPS) is 20.6. The Bertz CT molecular complexity index is 1500. The van der Waals surface area contributed by atoms with Gasteiger partial charge in [-0.15, -0.1) is 0 Å². The summed E-state index contributed by atoms with van der Waals surface area (Å²) in [4.78, 5) is 43.2. The van der Waals surface area contributed by atoms with E-state index in [9.17, 15) is 9.59 Å². The van der Waals surface area contributed by atoms with Crippen LogP contribution in [0.1, 0.15) is 41.5 Å². The number of benzene rings is 1. The molecule has 0 bridgehead atoms. The highest BCUT2D eigenvalue weighted by atomic mass is 16.6. The van der Waals surface area contributed by atoms with Crippen LogP contribution in [0.5, 0.6) is 0 Å². The first-order chi connectivity index (χ1) is 20.3. The standard InChI is InChI=1S/C33H42N6O4/c1-32(2,3)42-30(40)37-15-13-36(14-16-37)29-12-11-22(18-34-29)26-17-27(24-9-7-8-10-25(24)35-26)39-20-23-19-38(21-28(23)39)31(41)43-33(4,5)6/h7-12,17-18,23,28H,13-16,19-21H2,1-6H3. The highest BCUT2D eigenvalue weighted by Gasteiger charge is 2.48. The molecule has 2 unspecified atom stereocenters. The molecule has 0 spiro atoms. The number of piperazine rings is 1. The molecular weight excluding hydrogens is 544 g/mol. The average molecular weight is 587 g/mol. The quantitative estimate of drug-likeness (QED) is 0.403. The molecule has 3 aliphatic heterocycles. The second kappa shape index (κ2) is 10.9. The molecule has 0 saturated carbocycles. The summed E-state index contributed by atoms with van der Waals surface area (Å²) in [5, 5.41) is 1.10. The monoisotopic (exact) mass is 586 g/mol. The van der Waals surface area contributed by atoms with Gasteiger partial charge in [-0.2, -0.15) is 0 Å². The molecule has 3 saturated heterocycles. The number of fused-ring (bicyclic) bond motifs is 2. The third-order valence-electron chi connectivity index (χ3n) is 8.19. The molecule has 10 heteroatoms. The molecule has 3 aliphatic rings. The van der Waals surface area contributed by atoms with Crippen molar-refractivity contribution in [2.75, 3.05) is 55.6 Å². The Morgan fingerprint density at radius 1 is 0.814 bits per heavy atom. The zero-order chi connectivity index (χ0) is 30.5. The molecule has 0 aliphatic carbocycles. The van der Waals surface area contributed by atoms with E-state index in [2.05, 4.69) is 28.0 Å². The first-order valence-corrected chi connectivity index (χ1v) is 15.2. The number of amides is 2. The maximum Gasteiger partial charge on any atom is 0.410 e. The molecule has 5 heterocycles. The number of hydrogen-bond donors (Lipinski definition) is 0. The minimum Gasteiger partial charge on any atom is -0.444 e. The van der Waals surface area contributed by atoms with Crippen LogP contribution in [0.25, 0.3) is 22.2 Å². The summed E-state index contributed by atoms with van der Waals surface area (Å²) in [6, 6.07) is 14.7. The molecule has 2 atom stereocenters. The van der Waals surface area contributed by atoms with E-state index in [4.69, 9.17) is 19.4 Å². The van der Waals surface area contributed by atoms with Gasteiger partial charge in [-0.3, -0.25) is 0 Å². The summed E-state index contributed by atoms with van der Waals surface area (Å²) < 4.78 is 11.2. The lowest BCUT2D eigenvalue weighted by atomic mass is 9.90. The van der Waals surface area contributed by atoms with Crippen LogP contribution in [0, 0.1) is 5.92 Å². The minimum atomic E-state index is -0.507. The van der Waals surface area contributed by atoms with Crippen LogP contribution >= 0.6 is 0 Å². The van der Waals surface area contributed by atoms with Gasteiger partial charge < -0.3 is 29.1 Å². The largest absolute Gasteiger partial charge is 0.444 e. The lowest BCUT2D eigenvalue weighted by molar-refractivity contribution is 0.0238. The average Bonchev–Trinajstić information content (AvgIpc) is 3.27. The summed E-state index contributed by atoms with van der Waals surface area (Å²) in [5.41, 5.74) is 2.87. The first-order valence-electron chi connectivity index (χ1n) is 15.2. The molecule has 43 heavy (non-hydrogen) atoms. The second-order valence-electron chi connectivity index (χ2n) is 13.8. The number of nitrogens with zero attached hydrogens (tertiary/aromatic N) is 6. The number of carbonyl (C=O) groups is 2. The van der Waals surface area contributed by atoms with Gasteiger partial charge in [0.15, 0.2) is 0 Å². The van der Waals surface area contributed by atoms with Crippen molar-refractivity contribution >= 4 is 34.6 Å². The second-order valence-corrected chi connectivity index (χ2v) is 13.8. The summed E-state index contributed by atoms with van der Waals surface area (Å²) in [7, 11) is 0. The fourth-order valence-electron chi connectivity index (χ4n) is 6.10. The van der Waals surface area contributed by atoms with Crippen LogP contribution < -0.4 is 9.80 Å². The van der Waals surface area contributed by atoms with E-state index in [1.165, 1.54) is 0 Å². The molecule has 0 radical (unpaired) electrons. The van der Waals surface area contributed by atoms with Crippen LogP contribution in [0.2, 0.25) is 0 Å². The Balaban J connectivity index is 1.17. The number of ether oxygens (including phenoxy) is 2. The fraction of sp³-hybridized carbons (Fsp3) is 0.515. The summed E-state index contributed by atoms with van der Waals surface area (Å²) in [6.45, 7) is 16.2. The lowest BCUT2D eigenvalue weighted by Crippen LogP contribution is -2.56. The predicted molar refractivity (Wildman–Crippen MR) is 167 cm³/mol. The zero-order valence-corrected chi connectivity index (χ0v) is 26.0. The predicted octanol–water partition coefficient (Wildman–Crippen LogP) is 5.41. The van der Waals surface area contributed by atoms with Gasteiger partial charge in [0, 0.05) is 74.6 Å². The van der Waals surface area contributed by atoms with Crippen molar-refractivity contribution in [3.05, 3.63) is 48.7 Å². The number of anilines is 2. The Morgan fingerprint density at radius 2 is 1.49 bits per heavy atom. The summed E-state index contributed by atoms with van der Waals surface area (Å²) in [6.07, 6.45) is 1.38. The fourth-order valence-corrected chi connectivity index (χ4v) is 6.10. The first kappa shape index (κ1) is 29.0. The topological polar surface area (TPSA) is 91.3 Å². The SMILES string of the molecule is CC(C)(C)OC(=O)N1CCN(c2ccc(-c3cc(N4CC5CN(C(=O)OC(C)(C)C)CC54)c4ccccc4n3)cn2)CC1. The van der Waals surface area contributed by atoms with E-state index in [1.54, 1.807) is 4.90 Å². The van der Waals surface area contributed by atoms with Crippen molar-refractivity contribution < 1.29 is 19.1 Å². The third kappa shape index (κ3) is 6.19. The maximum atomic E-state index is 12.8. The van der Waals surface area contributed by atoms with Crippen molar-refractivity contribution in [1.29, 1.82) is 0 Å². The highest BCUT2D eigenvalue weighted by molar-refractivity contribution is 5.95. The van der Waals surface area contributed by atoms with Gasteiger partial charge in [0.25, 0.3) is 0 Å². The molecule has 6 rings (SSSR count). The number of hydrogen-bond acceptors (Lipinski definition) is 8. The Kier molecular flexibility index (Phi) is 7.34. The highest BCUT2D eigenvalue weighted by Crippen LogP contribution is 2.41. The van der Waals surface area contributed by atoms with Crippen LogP contribution in [0.4, 0.5) is 21.1 Å². The van der Waals surface area contributed by atoms with Crippen molar-refractivity contribution in [3.63, 3.8) is 0 Å². The summed E-state index contributed by atoms with van der Waals surface area (Å²) in [5.74, 6) is 1.31. The number of carbonyl (C=O) groups excluding carboxylic acids is 2. The molecule has 1 aromatic carbocycles. The van der Waals surface area contributed by atoms with Crippen molar-refractivity contribution in [3.8, 4) is 11.3 Å². The van der Waals surface area contributed by atoms with Crippen molar-refractivity contribution in [2.45, 2.75) is 58.8 Å². The van der Waals surface area contributed by atoms with E-state index in [1.807, 2.05) is 76.9 Å². The zero-order valence-electron chi connectivity index (χ0n) is 26.0. The van der Waals surface area contributed by atoms with E-state index < -0.39 is 11.2 Å². The van der Waals surface area contributed by atoms with Crippen LogP contribution in [-0.2, 0) is 9.47 Å². The molecule has 10 nitrogen and oxygen atoms in total. The molecule has 3 fully saturated rings. The molecule has 3 aromatic rings. The van der Waals surface area contributed by atoms with E-state index >= 15 is 0 Å². The molecule has 0 N–H and O–H groups in total. The van der Waals surface area contributed by atoms with Gasteiger partial charge in [0.2, 0.25) is 0 Å². The van der Waals surface area contributed by atoms with E-state index in [0.717, 1.165) is 46.8 Å². The van der Waals surface area contributed by atoms with E-state index in [-0.39, 0.29) is 18.2 Å². The van der Waals surface area contributed by atoms with Gasteiger partial charge in [-0.25, -0.2) is 19.6 Å². The smallest absolute Gasteiger partial charge is 0.410 e. The van der Waals surface area contributed by atoms with Crippen LogP contribution in [0.3, 0.4) is 0 Å². The van der Waals surface area contributed by atoms with Crippen LogP contribution in [0.15, 0.2) is 48.7 Å². The van der Waals surface area contributed by atoms with Gasteiger partial charge in [0.05, 0.1) is 17.3 Å². The Hall–Kier alpha value is -4.08. The molecular formula is C33H42N6O4. The van der Waals surface area contributed by atoms with Gasteiger partial charge in [-0.1, -0.05) is 18.2 Å². The number of aromatic nitrogens is 2. The molecule has 2 aromatic heterocycles. The number of pyridine rings is 2. The van der Waals surface area contributed by atoms with Gasteiger partial charge >= 0.3 is 12.2 Å². The Labute approximate surface area is 253 Å². The van der Waals surface area contributed by atoms with Crippen molar-refractivity contribution in [1.82, 2.24) is 19.8 Å². The van der Waals surface area contributed by atoms with Gasteiger partial charge in [0.1, 0.15) is 17.0 Å².